The molecule has 1 aliphatic heterocycles. The molecule has 0 amide bonds. The number of hydrogen-bond acceptors (Lipinski definition) is 2. The summed E-state index contributed by atoms with van der Waals surface area (Å²) in [7, 11) is 0. The standard InChI is InChI=1S/C14H18ClNO/c1-10-8-14(17)6-7-16(10)11(2)12-4-3-5-13(15)9-12/h3-5,9-11H,6-8H2,1-2H3. The molecule has 2 atom stereocenters. The predicted octanol–water partition coefficient (Wildman–Crippen LogP) is 3.45. The Morgan fingerprint density at radius 3 is 2.88 bits per heavy atom. The van der Waals surface area contributed by atoms with Gasteiger partial charge in [0.25, 0.3) is 0 Å². The van der Waals surface area contributed by atoms with Crippen LogP contribution in [0, 0.1) is 0 Å². The van der Waals surface area contributed by atoms with Gasteiger partial charge in [0.05, 0.1) is 0 Å². The van der Waals surface area contributed by atoms with E-state index in [-0.39, 0.29) is 0 Å². The molecule has 17 heavy (non-hydrogen) atoms. The number of hydrogen-bond donors (Lipinski definition) is 0. The van der Waals surface area contributed by atoms with Gasteiger partial charge in [-0.25, -0.2) is 0 Å². The highest BCUT2D eigenvalue weighted by molar-refractivity contribution is 6.30. The second-order valence-corrected chi connectivity index (χ2v) is 5.25. The zero-order valence-electron chi connectivity index (χ0n) is 10.3. The van der Waals surface area contributed by atoms with Gasteiger partial charge in [-0.1, -0.05) is 23.7 Å². The van der Waals surface area contributed by atoms with Crippen molar-refractivity contribution in [3.8, 4) is 0 Å². The predicted molar refractivity (Wildman–Crippen MR) is 70.3 cm³/mol. The van der Waals surface area contributed by atoms with Crippen LogP contribution in [0.4, 0.5) is 0 Å². The number of Topliss-reactive ketones (excluding diaryl/α,β-unsaturated/α-hetero) is 1. The second-order valence-electron chi connectivity index (χ2n) is 4.81. The van der Waals surface area contributed by atoms with Crippen molar-refractivity contribution in [2.45, 2.75) is 38.8 Å². The fraction of sp³-hybridized carbons (Fsp3) is 0.500. The van der Waals surface area contributed by atoms with Crippen LogP contribution in [0.3, 0.4) is 0 Å². The Morgan fingerprint density at radius 1 is 1.47 bits per heavy atom. The number of rotatable bonds is 2. The number of piperidine rings is 1. The summed E-state index contributed by atoms with van der Waals surface area (Å²) < 4.78 is 0. The Kier molecular flexibility index (Phi) is 3.85. The first kappa shape index (κ1) is 12.6. The Balaban J connectivity index is 2.14. The van der Waals surface area contributed by atoms with Gasteiger partial charge in [0, 0.05) is 36.5 Å². The smallest absolute Gasteiger partial charge is 0.135 e. The van der Waals surface area contributed by atoms with E-state index in [4.69, 9.17) is 11.6 Å². The van der Waals surface area contributed by atoms with Gasteiger partial charge in [-0.15, -0.1) is 0 Å². The molecule has 2 nitrogen and oxygen atoms in total. The lowest BCUT2D eigenvalue weighted by molar-refractivity contribution is -0.123. The van der Waals surface area contributed by atoms with Crippen molar-refractivity contribution in [3.05, 3.63) is 34.9 Å². The normalized spacial score (nSPS) is 23.7. The lowest BCUT2D eigenvalue weighted by Crippen LogP contribution is -2.42. The number of halogens is 1. The maximum absolute atomic E-state index is 11.4. The van der Waals surface area contributed by atoms with Crippen LogP contribution in [0.2, 0.25) is 5.02 Å². The minimum absolute atomic E-state index is 0.316. The van der Waals surface area contributed by atoms with Gasteiger partial charge in [-0.05, 0) is 31.5 Å². The molecule has 1 aromatic rings. The topological polar surface area (TPSA) is 20.3 Å². The molecule has 1 heterocycles. The van der Waals surface area contributed by atoms with Gasteiger partial charge in [-0.3, -0.25) is 9.69 Å². The summed E-state index contributed by atoms with van der Waals surface area (Å²) in [4.78, 5) is 13.8. The summed E-state index contributed by atoms with van der Waals surface area (Å²) in [6, 6.07) is 8.62. The van der Waals surface area contributed by atoms with Crippen LogP contribution >= 0.6 is 11.6 Å². The lowest BCUT2D eigenvalue weighted by Gasteiger charge is -2.37. The molecule has 0 radical (unpaired) electrons. The largest absolute Gasteiger partial charge is 0.300 e. The summed E-state index contributed by atoms with van der Waals surface area (Å²) in [5.74, 6) is 0.382. The molecule has 2 rings (SSSR count). The zero-order chi connectivity index (χ0) is 12.4. The Labute approximate surface area is 108 Å². The molecule has 1 saturated heterocycles. The number of benzene rings is 1. The number of carbonyl (C=O) groups is 1. The summed E-state index contributed by atoms with van der Waals surface area (Å²) in [6.45, 7) is 5.16. The van der Waals surface area contributed by atoms with Crippen LogP contribution in [0.25, 0.3) is 0 Å². The molecule has 0 aliphatic carbocycles. The van der Waals surface area contributed by atoms with Crippen molar-refractivity contribution in [2.24, 2.45) is 0 Å². The van der Waals surface area contributed by atoms with Gasteiger partial charge in [0.1, 0.15) is 5.78 Å². The van der Waals surface area contributed by atoms with Crippen LogP contribution < -0.4 is 0 Å². The minimum atomic E-state index is 0.316. The Hall–Kier alpha value is -0.860. The molecule has 3 heteroatoms. The van der Waals surface area contributed by atoms with E-state index in [1.54, 1.807) is 0 Å². The van der Waals surface area contributed by atoms with Crippen molar-refractivity contribution < 1.29 is 4.79 Å². The zero-order valence-corrected chi connectivity index (χ0v) is 11.1. The molecule has 1 fully saturated rings. The number of carbonyl (C=O) groups excluding carboxylic acids is 1. The van der Waals surface area contributed by atoms with Crippen molar-refractivity contribution >= 4 is 17.4 Å². The van der Waals surface area contributed by atoms with Crippen LogP contribution in [0.5, 0.6) is 0 Å². The third-order valence-electron chi connectivity index (χ3n) is 3.57. The molecule has 0 N–H and O–H groups in total. The molecular weight excluding hydrogens is 234 g/mol. The average Bonchev–Trinajstić information content (AvgIpc) is 2.28. The molecule has 92 valence electrons. The van der Waals surface area contributed by atoms with Crippen molar-refractivity contribution in [2.75, 3.05) is 6.54 Å². The fourth-order valence-corrected chi connectivity index (χ4v) is 2.76. The monoisotopic (exact) mass is 251 g/mol. The summed E-state index contributed by atoms with van der Waals surface area (Å²) in [6.07, 6.45) is 1.35. The summed E-state index contributed by atoms with van der Waals surface area (Å²) in [5.41, 5.74) is 1.22. The Morgan fingerprint density at radius 2 is 2.24 bits per heavy atom. The van der Waals surface area contributed by atoms with Gasteiger partial charge in [-0.2, -0.15) is 0 Å². The summed E-state index contributed by atoms with van der Waals surface area (Å²) in [5, 5.41) is 0.773. The van der Waals surface area contributed by atoms with Gasteiger partial charge < -0.3 is 0 Å². The van der Waals surface area contributed by atoms with E-state index in [0.29, 0.717) is 30.7 Å². The van der Waals surface area contributed by atoms with Crippen LogP contribution in [0.15, 0.2) is 24.3 Å². The van der Waals surface area contributed by atoms with Gasteiger partial charge in [0.15, 0.2) is 0 Å². The van der Waals surface area contributed by atoms with Crippen LogP contribution in [-0.2, 0) is 4.79 Å². The van der Waals surface area contributed by atoms with E-state index in [1.807, 2.05) is 18.2 Å². The van der Waals surface area contributed by atoms with Crippen molar-refractivity contribution in [3.63, 3.8) is 0 Å². The first-order chi connectivity index (χ1) is 8.08. The van der Waals surface area contributed by atoms with E-state index in [1.165, 1.54) is 5.56 Å². The molecule has 1 aliphatic rings. The molecule has 0 aromatic heterocycles. The van der Waals surface area contributed by atoms with Gasteiger partial charge in [0.2, 0.25) is 0 Å². The van der Waals surface area contributed by atoms with Crippen LogP contribution in [-0.4, -0.2) is 23.3 Å². The van der Waals surface area contributed by atoms with Gasteiger partial charge >= 0.3 is 0 Å². The third kappa shape index (κ3) is 2.88. The SMILES string of the molecule is CC1CC(=O)CCN1C(C)c1cccc(Cl)c1. The number of nitrogens with zero attached hydrogens (tertiary/aromatic N) is 1. The molecule has 0 saturated carbocycles. The highest BCUT2D eigenvalue weighted by Crippen LogP contribution is 2.28. The third-order valence-corrected chi connectivity index (χ3v) is 3.80. The number of ketones is 1. The minimum Gasteiger partial charge on any atom is -0.300 e. The maximum Gasteiger partial charge on any atom is 0.135 e. The number of likely N-dealkylation sites (tertiary alicyclic amines) is 1. The van der Waals surface area contributed by atoms with E-state index in [9.17, 15) is 4.79 Å². The molecule has 2 unspecified atom stereocenters. The first-order valence-electron chi connectivity index (χ1n) is 6.11. The molecule has 0 bridgehead atoms. The summed E-state index contributed by atoms with van der Waals surface area (Å²) >= 11 is 6.01. The second kappa shape index (κ2) is 5.19. The van der Waals surface area contributed by atoms with Crippen molar-refractivity contribution in [1.82, 2.24) is 4.90 Å². The quantitative estimate of drug-likeness (QED) is 0.802. The van der Waals surface area contributed by atoms with Crippen LogP contribution in [0.1, 0.15) is 38.3 Å². The lowest BCUT2D eigenvalue weighted by atomic mass is 9.97. The van der Waals surface area contributed by atoms with E-state index in [0.717, 1.165) is 11.6 Å². The first-order valence-corrected chi connectivity index (χ1v) is 6.48. The highest BCUT2D eigenvalue weighted by Gasteiger charge is 2.27. The fourth-order valence-electron chi connectivity index (χ4n) is 2.56. The maximum atomic E-state index is 11.4. The van der Waals surface area contributed by atoms with E-state index >= 15 is 0 Å². The highest BCUT2D eigenvalue weighted by atomic mass is 35.5. The van der Waals surface area contributed by atoms with E-state index in [2.05, 4.69) is 24.8 Å². The molecule has 1 aromatic carbocycles. The van der Waals surface area contributed by atoms with Crippen molar-refractivity contribution in [1.29, 1.82) is 0 Å². The average molecular weight is 252 g/mol. The molecule has 0 spiro atoms. The molecular formula is C14H18ClNO. The Bertz CT molecular complexity index is 418. The van der Waals surface area contributed by atoms with E-state index < -0.39 is 0 Å².